The number of alkyl halides is 5. The molecule has 4 nitrogen and oxygen atoms in total. The smallest absolute Gasteiger partial charge is 0.395 e. The molecule has 0 aliphatic carbocycles. The Balaban J connectivity index is 1.71. The molecule has 0 unspecified atom stereocenters. The quantitative estimate of drug-likeness (QED) is 0.757. The van der Waals surface area contributed by atoms with E-state index >= 15 is 0 Å². The van der Waals surface area contributed by atoms with Gasteiger partial charge in [-0.3, -0.25) is 4.79 Å². The molecular formula is C16H9ClF5NO3. The molecule has 0 saturated heterocycles. The third-order valence-corrected chi connectivity index (χ3v) is 3.72. The molecule has 0 bridgehead atoms. The number of halogens is 6. The number of ether oxygens (including phenoxy) is 2. The molecule has 1 N–H and O–H groups in total. The number of anilines is 1. The van der Waals surface area contributed by atoms with Gasteiger partial charge in [0.25, 0.3) is 0 Å². The molecule has 3 rings (SSSR count). The Kier molecular flexibility index (Phi) is 4.43. The minimum atomic E-state index is -4.65. The van der Waals surface area contributed by atoms with E-state index in [-0.39, 0.29) is 29.2 Å². The van der Waals surface area contributed by atoms with E-state index in [2.05, 4.69) is 14.8 Å². The van der Waals surface area contributed by atoms with Gasteiger partial charge in [0.05, 0.1) is 17.0 Å². The second-order valence-corrected chi connectivity index (χ2v) is 5.77. The van der Waals surface area contributed by atoms with Crippen LogP contribution in [0.15, 0.2) is 36.4 Å². The Morgan fingerprint density at radius 3 is 2.46 bits per heavy atom. The van der Waals surface area contributed by atoms with Crippen molar-refractivity contribution in [3.63, 3.8) is 0 Å². The molecule has 2 aromatic rings. The lowest BCUT2D eigenvalue weighted by Gasteiger charge is -2.11. The van der Waals surface area contributed by atoms with Crippen LogP contribution >= 0.6 is 11.6 Å². The summed E-state index contributed by atoms with van der Waals surface area (Å²) in [5.41, 5.74) is -0.832. The van der Waals surface area contributed by atoms with E-state index in [1.807, 2.05) is 0 Å². The van der Waals surface area contributed by atoms with Crippen LogP contribution in [0.5, 0.6) is 11.5 Å². The molecule has 26 heavy (non-hydrogen) atoms. The summed E-state index contributed by atoms with van der Waals surface area (Å²) in [4.78, 5) is 12.0. The van der Waals surface area contributed by atoms with Gasteiger partial charge < -0.3 is 14.8 Å². The van der Waals surface area contributed by atoms with Crippen LogP contribution in [0.25, 0.3) is 0 Å². The summed E-state index contributed by atoms with van der Waals surface area (Å²) < 4.78 is 72.9. The Hall–Kier alpha value is -2.55. The topological polar surface area (TPSA) is 47.6 Å². The van der Waals surface area contributed by atoms with Crippen molar-refractivity contribution in [1.82, 2.24) is 0 Å². The second kappa shape index (κ2) is 6.31. The van der Waals surface area contributed by atoms with Gasteiger partial charge in [-0.2, -0.15) is 13.2 Å². The first-order chi connectivity index (χ1) is 12.0. The molecule has 0 saturated carbocycles. The number of hydrogen-bond donors (Lipinski definition) is 1. The van der Waals surface area contributed by atoms with E-state index in [0.717, 1.165) is 18.2 Å². The summed E-state index contributed by atoms with van der Waals surface area (Å²) >= 11 is 5.52. The molecule has 0 aromatic heterocycles. The SMILES string of the molecule is O=C(Cc1ccc(Cl)c(C(F)(F)F)c1)Nc1ccc2c(c1)OC(F)(F)O2. The molecule has 0 radical (unpaired) electrons. The van der Waals surface area contributed by atoms with Gasteiger partial charge in [0.2, 0.25) is 5.91 Å². The summed E-state index contributed by atoms with van der Waals surface area (Å²) in [6, 6.07) is 6.71. The zero-order chi connectivity index (χ0) is 19.1. The predicted molar refractivity (Wildman–Crippen MR) is 81.4 cm³/mol. The Labute approximate surface area is 148 Å². The van der Waals surface area contributed by atoms with Crippen LogP contribution in [0.2, 0.25) is 5.02 Å². The first kappa shape index (κ1) is 18.2. The van der Waals surface area contributed by atoms with Crippen molar-refractivity contribution in [3.8, 4) is 11.5 Å². The van der Waals surface area contributed by atoms with E-state index in [0.29, 0.717) is 0 Å². The van der Waals surface area contributed by atoms with Gasteiger partial charge in [-0.15, -0.1) is 8.78 Å². The van der Waals surface area contributed by atoms with Gasteiger partial charge in [0, 0.05) is 11.8 Å². The van der Waals surface area contributed by atoms with Crippen LogP contribution in [0.3, 0.4) is 0 Å². The Bertz CT molecular complexity index is 869. The van der Waals surface area contributed by atoms with E-state index in [4.69, 9.17) is 11.6 Å². The second-order valence-electron chi connectivity index (χ2n) is 5.37. The van der Waals surface area contributed by atoms with E-state index in [1.165, 1.54) is 18.2 Å². The molecule has 1 aliphatic rings. The van der Waals surface area contributed by atoms with Gasteiger partial charge in [0.15, 0.2) is 11.5 Å². The molecule has 0 atom stereocenters. The van der Waals surface area contributed by atoms with Gasteiger partial charge in [-0.1, -0.05) is 17.7 Å². The highest BCUT2D eigenvalue weighted by Gasteiger charge is 2.43. The molecule has 138 valence electrons. The molecule has 0 fully saturated rings. The average molecular weight is 394 g/mol. The number of fused-ring (bicyclic) bond motifs is 1. The number of hydrogen-bond acceptors (Lipinski definition) is 3. The fourth-order valence-electron chi connectivity index (χ4n) is 2.32. The number of carbonyl (C=O) groups excluding carboxylic acids is 1. The van der Waals surface area contributed by atoms with E-state index < -0.39 is 29.0 Å². The van der Waals surface area contributed by atoms with Crippen molar-refractivity contribution in [1.29, 1.82) is 0 Å². The number of benzene rings is 2. The summed E-state index contributed by atoms with van der Waals surface area (Å²) in [7, 11) is 0. The van der Waals surface area contributed by atoms with Crippen molar-refractivity contribution in [2.24, 2.45) is 0 Å². The minimum Gasteiger partial charge on any atom is -0.395 e. The zero-order valence-corrected chi connectivity index (χ0v) is 13.4. The maximum atomic E-state index is 13.0. The van der Waals surface area contributed by atoms with Crippen LogP contribution in [0, 0.1) is 0 Å². The Morgan fingerprint density at radius 1 is 1.08 bits per heavy atom. The highest BCUT2D eigenvalue weighted by Crippen LogP contribution is 2.42. The lowest BCUT2D eigenvalue weighted by Crippen LogP contribution is -2.25. The fraction of sp³-hybridized carbons (Fsp3) is 0.188. The van der Waals surface area contributed by atoms with E-state index in [9.17, 15) is 26.7 Å². The van der Waals surface area contributed by atoms with E-state index in [1.54, 1.807) is 0 Å². The minimum absolute atomic E-state index is 0.0894. The van der Waals surface area contributed by atoms with Crippen molar-refractivity contribution >= 4 is 23.2 Å². The molecule has 2 aromatic carbocycles. The van der Waals surface area contributed by atoms with Crippen molar-refractivity contribution in [2.45, 2.75) is 18.9 Å². The summed E-state index contributed by atoms with van der Waals surface area (Å²) in [5, 5.41) is 1.91. The summed E-state index contributed by atoms with van der Waals surface area (Å²) in [5.74, 6) is -1.11. The number of amides is 1. The standard InChI is InChI=1S/C16H9ClF5NO3/c17-11-3-1-8(5-10(11)15(18,19)20)6-14(24)23-9-2-4-12-13(7-9)26-16(21,22)25-12/h1-5,7H,6H2,(H,23,24). The maximum Gasteiger partial charge on any atom is 0.586 e. The highest BCUT2D eigenvalue weighted by atomic mass is 35.5. The molecule has 1 heterocycles. The van der Waals surface area contributed by atoms with Crippen LogP contribution < -0.4 is 14.8 Å². The zero-order valence-electron chi connectivity index (χ0n) is 12.7. The van der Waals surface area contributed by atoms with Crippen molar-refractivity contribution in [2.75, 3.05) is 5.32 Å². The van der Waals surface area contributed by atoms with Crippen LogP contribution in [0.4, 0.5) is 27.6 Å². The van der Waals surface area contributed by atoms with Gasteiger partial charge in [0.1, 0.15) is 0 Å². The van der Waals surface area contributed by atoms with Crippen molar-refractivity contribution in [3.05, 3.63) is 52.5 Å². The Morgan fingerprint density at radius 2 is 1.77 bits per heavy atom. The normalized spacial score (nSPS) is 15.0. The number of rotatable bonds is 3. The van der Waals surface area contributed by atoms with Crippen LogP contribution in [-0.4, -0.2) is 12.2 Å². The first-order valence-corrected chi connectivity index (χ1v) is 7.47. The molecule has 10 heteroatoms. The van der Waals surface area contributed by atoms with Crippen LogP contribution in [0.1, 0.15) is 11.1 Å². The lowest BCUT2D eigenvalue weighted by atomic mass is 10.1. The molecule has 0 spiro atoms. The van der Waals surface area contributed by atoms with Crippen LogP contribution in [-0.2, 0) is 17.4 Å². The predicted octanol–water partition coefficient (Wildman–Crippen LogP) is 4.86. The fourth-order valence-corrected chi connectivity index (χ4v) is 2.54. The molecule has 1 aliphatic heterocycles. The third-order valence-electron chi connectivity index (χ3n) is 3.39. The summed E-state index contributed by atoms with van der Waals surface area (Å²) in [6.07, 6.45) is -8.81. The first-order valence-electron chi connectivity index (χ1n) is 7.09. The molecule has 1 amide bonds. The largest absolute Gasteiger partial charge is 0.586 e. The third kappa shape index (κ3) is 3.98. The van der Waals surface area contributed by atoms with Gasteiger partial charge in [-0.25, -0.2) is 0 Å². The summed E-state index contributed by atoms with van der Waals surface area (Å²) in [6.45, 7) is 0. The van der Waals surface area contributed by atoms with Crippen molar-refractivity contribution < 1.29 is 36.2 Å². The monoisotopic (exact) mass is 393 g/mol. The highest BCUT2D eigenvalue weighted by molar-refractivity contribution is 6.31. The molecular weight excluding hydrogens is 385 g/mol. The number of carbonyl (C=O) groups is 1. The number of nitrogens with one attached hydrogen (secondary N) is 1. The van der Waals surface area contributed by atoms with Gasteiger partial charge >= 0.3 is 12.5 Å². The van der Waals surface area contributed by atoms with Gasteiger partial charge in [-0.05, 0) is 29.8 Å². The lowest BCUT2D eigenvalue weighted by molar-refractivity contribution is -0.286. The maximum absolute atomic E-state index is 13.0. The average Bonchev–Trinajstić information content (AvgIpc) is 2.81.